The first-order valence-corrected chi connectivity index (χ1v) is 7.66. The summed E-state index contributed by atoms with van der Waals surface area (Å²) < 4.78 is 12.3. The van der Waals surface area contributed by atoms with E-state index in [2.05, 4.69) is 20.5 Å². The second-order valence-electron chi connectivity index (χ2n) is 6.40. The molecule has 0 saturated heterocycles. The van der Waals surface area contributed by atoms with E-state index >= 15 is 0 Å². The average molecular weight is 333 g/mol. The Bertz CT molecular complexity index is 693. The molecule has 1 N–H and O–H groups in total. The van der Waals surface area contributed by atoms with Crippen molar-refractivity contribution < 1.29 is 14.3 Å². The molecule has 130 valence electrons. The van der Waals surface area contributed by atoms with Crippen LogP contribution in [0.2, 0.25) is 0 Å². The van der Waals surface area contributed by atoms with E-state index in [1.54, 1.807) is 52.4 Å². The Balaban J connectivity index is 2.19. The Labute approximate surface area is 141 Å². The van der Waals surface area contributed by atoms with Gasteiger partial charge in [-0.15, -0.1) is 10.2 Å². The van der Waals surface area contributed by atoms with Gasteiger partial charge in [0.25, 0.3) is 0 Å². The van der Waals surface area contributed by atoms with Crippen molar-refractivity contribution in [1.82, 2.24) is 19.7 Å². The van der Waals surface area contributed by atoms with Crippen molar-refractivity contribution in [2.45, 2.75) is 39.3 Å². The standard InChI is InChI=1S/C16H23N5O3/c1-11(9-23-5)21-10-17-20-14(21)12-7-6-8-13(18-12)19-15(22)24-16(2,3)4/h6-8,10-11H,9H2,1-5H3,(H,18,19,22)/t11-/m1/s1. The highest BCUT2D eigenvalue weighted by atomic mass is 16.6. The van der Waals surface area contributed by atoms with Gasteiger partial charge in [0.15, 0.2) is 5.82 Å². The van der Waals surface area contributed by atoms with E-state index in [0.29, 0.717) is 23.9 Å². The van der Waals surface area contributed by atoms with Gasteiger partial charge in [-0.3, -0.25) is 5.32 Å². The number of ether oxygens (including phenoxy) is 2. The first-order chi connectivity index (χ1) is 11.3. The smallest absolute Gasteiger partial charge is 0.413 e. The van der Waals surface area contributed by atoms with Crippen molar-refractivity contribution in [3.63, 3.8) is 0 Å². The largest absolute Gasteiger partial charge is 0.444 e. The highest BCUT2D eigenvalue weighted by Gasteiger charge is 2.18. The minimum absolute atomic E-state index is 0.0595. The molecule has 0 aliphatic carbocycles. The Hall–Kier alpha value is -2.48. The Kier molecular flexibility index (Phi) is 5.50. The summed E-state index contributed by atoms with van der Waals surface area (Å²) in [6, 6.07) is 5.34. The van der Waals surface area contributed by atoms with Crippen molar-refractivity contribution >= 4 is 11.9 Å². The lowest BCUT2D eigenvalue weighted by Crippen LogP contribution is -2.27. The molecule has 2 aromatic rings. The van der Waals surface area contributed by atoms with Gasteiger partial charge in [0.2, 0.25) is 0 Å². The maximum Gasteiger partial charge on any atom is 0.413 e. The number of methoxy groups -OCH3 is 1. The summed E-state index contributed by atoms with van der Waals surface area (Å²) in [5.74, 6) is 0.989. The summed E-state index contributed by atoms with van der Waals surface area (Å²) >= 11 is 0. The predicted octanol–water partition coefficient (Wildman–Crippen LogP) is 2.89. The molecule has 0 aromatic carbocycles. The molecule has 8 heteroatoms. The maximum absolute atomic E-state index is 11.9. The van der Waals surface area contributed by atoms with E-state index in [1.165, 1.54) is 0 Å². The molecule has 0 bridgehead atoms. The number of rotatable bonds is 5. The molecular weight excluding hydrogens is 310 g/mol. The molecule has 0 unspecified atom stereocenters. The minimum atomic E-state index is -0.572. The van der Waals surface area contributed by atoms with Crippen LogP contribution in [0.4, 0.5) is 10.6 Å². The topological polar surface area (TPSA) is 91.2 Å². The summed E-state index contributed by atoms with van der Waals surface area (Å²) in [5, 5.41) is 10.7. The number of anilines is 1. The second-order valence-corrected chi connectivity index (χ2v) is 6.40. The second kappa shape index (κ2) is 7.39. The highest BCUT2D eigenvalue weighted by molar-refractivity contribution is 5.83. The summed E-state index contributed by atoms with van der Waals surface area (Å²) in [5.41, 5.74) is 0.0290. The fraction of sp³-hybridized carbons (Fsp3) is 0.500. The van der Waals surface area contributed by atoms with Gasteiger partial charge in [-0.25, -0.2) is 9.78 Å². The van der Waals surface area contributed by atoms with Crippen molar-refractivity contribution in [1.29, 1.82) is 0 Å². The molecular formula is C16H23N5O3. The van der Waals surface area contributed by atoms with Crippen molar-refractivity contribution in [3.05, 3.63) is 24.5 Å². The zero-order valence-corrected chi connectivity index (χ0v) is 14.6. The van der Waals surface area contributed by atoms with E-state index in [-0.39, 0.29) is 6.04 Å². The first kappa shape index (κ1) is 17.9. The third kappa shape index (κ3) is 4.76. The lowest BCUT2D eigenvalue weighted by Gasteiger charge is -2.19. The number of amides is 1. The lowest BCUT2D eigenvalue weighted by atomic mass is 10.2. The van der Waals surface area contributed by atoms with Crippen molar-refractivity contribution in [3.8, 4) is 11.5 Å². The van der Waals surface area contributed by atoms with Crippen LogP contribution < -0.4 is 5.32 Å². The summed E-state index contributed by atoms with van der Waals surface area (Å²) in [6.07, 6.45) is 1.08. The third-order valence-corrected chi connectivity index (χ3v) is 3.06. The van der Waals surface area contributed by atoms with Crippen LogP contribution in [0.3, 0.4) is 0 Å². The van der Waals surface area contributed by atoms with Gasteiger partial charge in [0.05, 0.1) is 12.6 Å². The monoisotopic (exact) mass is 333 g/mol. The van der Waals surface area contributed by atoms with E-state index in [0.717, 1.165) is 0 Å². The van der Waals surface area contributed by atoms with Gasteiger partial charge in [0.1, 0.15) is 23.4 Å². The van der Waals surface area contributed by atoms with Crippen LogP contribution in [0.25, 0.3) is 11.5 Å². The molecule has 0 fully saturated rings. The molecule has 0 aliphatic rings. The van der Waals surface area contributed by atoms with Gasteiger partial charge in [-0.05, 0) is 39.8 Å². The molecule has 1 amide bonds. The molecule has 2 heterocycles. The average Bonchev–Trinajstić information content (AvgIpc) is 2.95. The van der Waals surface area contributed by atoms with Crippen LogP contribution in [0.5, 0.6) is 0 Å². The quantitative estimate of drug-likeness (QED) is 0.904. The third-order valence-electron chi connectivity index (χ3n) is 3.06. The van der Waals surface area contributed by atoms with Crippen LogP contribution in [0, 0.1) is 0 Å². The first-order valence-electron chi connectivity index (χ1n) is 7.66. The molecule has 1 atom stereocenters. The van der Waals surface area contributed by atoms with Gasteiger partial charge < -0.3 is 14.0 Å². The highest BCUT2D eigenvalue weighted by Crippen LogP contribution is 2.20. The van der Waals surface area contributed by atoms with Gasteiger partial charge >= 0.3 is 6.09 Å². The van der Waals surface area contributed by atoms with E-state index in [9.17, 15) is 4.79 Å². The molecule has 2 aromatic heterocycles. The number of nitrogens with one attached hydrogen (secondary N) is 1. The molecule has 0 spiro atoms. The number of carbonyl (C=O) groups is 1. The zero-order valence-electron chi connectivity index (χ0n) is 14.6. The predicted molar refractivity (Wildman–Crippen MR) is 89.7 cm³/mol. The van der Waals surface area contributed by atoms with Crippen LogP contribution in [-0.4, -0.2) is 45.2 Å². The molecule has 2 rings (SSSR count). The lowest BCUT2D eigenvalue weighted by molar-refractivity contribution is 0.0635. The van der Waals surface area contributed by atoms with Crippen molar-refractivity contribution in [2.75, 3.05) is 19.0 Å². The number of hydrogen-bond acceptors (Lipinski definition) is 6. The zero-order chi connectivity index (χ0) is 17.7. The number of carbonyl (C=O) groups excluding carboxylic acids is 1. The Morgan fingerprint density at radius 1 is 1.38 bits per heavy atom. The molecule has 0 saturated carbocycles. The van der Waals surface area contributed by atoms with Crippen LogP contribution in [-0.2, 0) is 9.47 Å². The van der Waals surface area contributed by atoms with Gasteiger partial charge in [-0.1, -0.05) is 6.07 Å². The number of hydrogen-bond donors (Lipinski definition) is 1. The summed E-state index contributed by atoms with van der Waals surface area (Å²) in [6.45, 7) is 7.93. The van der Waals surface area contributed by atoms with Crippen LogP contribution in [0.1, 0.15) is 33.7 Å². The number of nitrogens with zero attached hydrogens (tertiary/aromatic N) is 4. The van der Waals surface area contributed by atoms with Crippen molar-refractivity contribution in [2.24, 2.45) is 0 Å². The van der Waals surface area contributed by atoms with Gasteiger partial charge in [0, 0.05) is 7.11 Å². The number of aromatic nitrogens is 4. The fourth-order valence-corrected chi connectivity index (χ4v) is 2.11. The van der Waals surface area contributed by atoms with Gasteiger partial charge in [-0.2, -0.15) is 0 Å². The minimum Gasteiger partial charge on any atom is -0.444 e. The maximum atomic E-state index is 11.9. The number of pyridine rings is 1. The Morgan fingerprint density at radius 2 is 2.12 bits per heavy atom. The SMILES string of the molecule is COC[C@@H](C)n1cnnc1-c1cccc(NC(=O)OC(C)(C)C)n1. The van der Waals surface area contributed by atoms with Crippen LogP contribution >= 0.6 is 0 Å². The fourth-order valence-electron chi connectivity index (χ4n) is 2.11. The molecule has 8 nitrogen and oxygen atoms in total. The normalized spacial score (nSPS) is 12.7. The summed E-state index contributed by atoms with van der Waals surface area (Å²) in [4.78, 5) is 16.3. The summed E-state index contributed by atoms with van der Waals surface area (Å²) in [7, 11) is 1.64. The molecule has 0 aliphatic heterocycles. The van der Waals surface area contributed by atoms with Crippen LogP contribution in [0.15, 0.2) is 24.5 Å². The molecule has 24 heavy (non-hydrogen) atoms. The van der Waals surface area contributed by atoms with E-state index in [1.807, 2.05) is 11.5 Å². The van der Waals surface area contributed by atoms with E-state index in [4.69, 9.17) is 9.47 Å². The Morgan fingerprint density at radius 3 is 2.79 bits per heavy atom. The van der Waals surface area contributed by atoms with E-state index < -0.39 is 11.7 Å². The molecule has 0 radical (unpaired) electrons.